The Bertz CT molecular complexity index is 1590. The van der Waals surface area contributed by atoms with E-state index in [9.17, 15) is 0 Å². The number of hydrogen-bond acceptors (Lipinski definition) is 4. The predicted octanol–water partition coefficient (Wildman–Crippen LogP) is 7.28. The molecule has 5 rings (SSSR count). The van der Waals surface area contributed by atoms with Crippen molar-refractivity contribution in [2.24, 2.45) is 7.05 Å². The molecular formula is C32H36N4O. The van der Waals surface area contributed by atoms with Crippen molar-refractivity contribution in [3.05, 3.63) is 89.6 Å². The third kappa shape index (κ3) is 5.01. The Balaban J connectivity index is 1.41. The van der Waals surface area contributed by atoms with Crippen molar-refractivity contribution in [3.63, 3.8) is 0 Å². The van der Waals surface area contributed by atoms with Gasteiger partial charge in [0.05, 0.1) is 25.1 Å². The quantitative estimate of drug-likeness (QED) is 0.250. The van der Waals surface area contributed by atoms with Gasteiger partial charge < -0.3 is 4.74 Å². The molecular weight excluding hydrogens is 456 g/mol. The molecule has 0 unspecified atom stereocenters. The lowest BCUT2D eigenvalue weighted by molar-refractivity contribution is 0.0829. The third-order valence-corrected chi connectivity index (χ3v) is 7.20. The van der Waals surface area contributed by atoms with E-state index in [2.05, 4.69) is 88.0 Å². The van der Waals surface area contributed by atoms with E-state index < -0.39 is 0 Å². The van der Waals surface area contributed by atoms with E-state index in [4.69, 9.17) is 9.72 Å². The molecule has 0 N–H and O–H groups in total. The number of aryl methyl sites for hydroxylation is 2. The fourth-order valence-corrected chi connectivity index (χ4v) is 5.15. The first-order valence-corrected chi connectivity index (χ1v) is 12.9. The summed E-state index contributed by atoms with van der Waals surface area (Å²) >= 11 is 0. The minimum Gasteiger partial charge on any atom is -0.376 e. The summed E-state index contributed by atoms with van der Waals surface area (Å²) in [6.45, 7) is 14.6. The number of fused-ring (bicyclic) bond motifs is 2. The summed E-state index contributed by atoms with van der Waals surface area (Å²) in [6.07, 6.45) is 9.70. The van der Waals surface area contributed by atoms with E-state index in [1.807, 2.05) is 42.7 Å². The Hall–Kier alpha value is -3.57. The molecule has 0 aliphatic carbocycles. The van der Waals surface area contributed by atoms with Gasteiger partial charge in [-0.3, -0.25) is 14.6 Å². The molecule has 0 spiro atoms. The monoisotopic (exact) mass is 492 g/mol. The van der Waals surface area contributed by atoms with Gasteiger partial charge in [0.25, 0.3) is 0 Å². The highest BCUT2D eigenvalue weighted by Crippen LogP contribution is 2.35. The van der Waals surface area contributed by atoms with Gasteiger partial charge in [0.2, 0.25) is 0 Å². The van der Waals surface area contributed by atoms with Gasteiger partial charge in [0, 0.05) is 53.6 Å². The number of ether oxygens (including phenoxy) is 1. The van der Waals surface area contributed by atoms with Crippen LogP contribution in [-0.2, 0) is 29.2 Å². The Labute approximate surface area is 219 Å². The van der Waals surface area contributed by atoms with E-state index in [0.29, 0.717) is 13.2 Å². The average molecular weight is 493 g/mol. The molecule has 0 atom stereocenters. The summed E-state index contributed by atoms with van der Waals surface area (Å²) in [5.41, 5.74) is 6.79. The van der Waals surface area contributed by atoms with Gasteiger partial charge in [-0.05, 0) is 63.6 Å². The van der Waals surface area contributed by atoms with Crippen LogP contribution >= 0.6 is 0 Å². The summed E-state index contributed by atoms with van der Waals surface area (Å²) in [7, 11) is 1.93. The van der Waals surface area contributed by atoms with Gasteiger partial charge in [-0.2, -0.15) is 5.10 Å². The molecule has 0 fully saturated rings. The van der Waals surface area contributed by atoms with E-state index in [-0.39, 0.29) is 10.8 Å². The van der Waals surface area contributed by atoms with Gasteiger partial charge in [0.15, 0.2) is 0 Å². The largest absolute Gasteiger partial charge is 0.376 e. The molecule has 2 aromatic carbocycles. The molecule has 0 radical (unpaired) electrons. The summed E-state index contributed by atoms with van der Waals surface area (Å²) < 4.78 is 8.19. The highest BCUT2D eigenvalue weighted by Gasteiger charge is 2.25. The Morgan fingerprint density at radius 2 is 1.68 bits per heavy atom. The van der Waals surface area contributed by atoms with Crippen LogP contribution in [0, 0.1) is 6.92 Å². The minimum absolute atomic E-state index is 0.0268. The lowest BCUT2D eigenvalue weighted by atomic mass is 9.82. The SMILES string of the molecule is Cc1ccc(C(C)(C)COCc2cc(C(C)(C)C)c3cnccc3c2)c2cnc(-c3cnn(C)c3)cc12. The van der Waals surface area contributed by atoms with Crippen molar-refractivity contribution in [2.45, 2.75) is 59.0 Å². The van der Waals surface area contributed by atoms with Crippen LogP contribution in [0.1, 0.15) is 56.9 Å². The maximum Gasteiger partial charge on any atom is 0.0740 e. The van der Waals surface area contributed by atoms with Gasteiger partial charge in [0.1, 0.15) is 0 Å². The lowest BCUT2D eigenvalue weighted by Gasteiger charge is -2.27. The first-order valence-electron chi connectivity index (χ1n) is 12.9. The van der Waals surface area contributed by atoms with Gasteiger partial charge in [-0.15, -0.1) is 0 Å². The second-order valence-electron chi connectivity index (χ2n) is 11.8. The van der Waals surface area contributed by atoms with Crippen LogP contribution in [0.15, 0.2) is 67.4 Å². The maximum atomic E-state index is 6.38. The summed E-state index contributed by atoms with van der Waals surface area (Å²) in [4.78, 5) is 9.15. The average Bonchev–Trinajstić information content (AvgIpc) is 3.29. The van der Waals surface area contributed by atoms with Crippen molar-refractivity contribution in [2.75, 3.05) is 6.61 Å². The molecule has 5 nitrogen and oxygen atoms in total. The minimum atomic E-state index is -0.183. The second-order valence-corrected chi connectivity index (χ2v) is 11.8. The van der Waals surface area contributed by atoms with Crippen molar-refractivity contribution in [1.82, 2.24) is 19.7 Å². The third-order valence-electron chi connectivity index (χ3n) is 7.20. The first kappa shape index (κ1) is 25.1. The molecule has 0 saturated carbocycles. The topological polar surface area (TPSA) is 52.8 Å². The molecule has 0 aliphatic heterocycles. The fraction of sp³-hybridized carbons (Fsp3) is 0.344. The standard InChI is InChI=1S/C32H36N4O/c1-21-8-9-28(27-17-34-30(14-25(21)27)24-15-35-36(7)18-24)32(5,6)20-37-19-22-12-23-10-11-33-16-26(23)29(13-22)31(2,3)4/h8-18H,19-20H2,1-7H3. The highest BCUT2D eigenvalue weighted by molar-refractivity contribution is 5.91. The fourth-order valence-electron chi connectivity index (χ4n) is 5.15. The molecule has 37 heavy (non-hydrogen) atoms. The Morgan fingerprint density at radius 1 is 0.865 bits per heavy atom. The van der Waals surface area contributed by atoms with Crippen LogP contribution in [0.4, 0.5) is 0 Å². The smallest absolute Gasteiger partial charge is 0.0740 e. The molecule has 0 bridgehead atoms. The van der Waals surface area contributed by atoms with Crippen molar-refractivity contribution in [1.29, 1.82) is 0 Å². The van der Waals surface area contributed by atoms with Crippen LogP contribution in [0.2, 0.25) is 0 Å². The zero-order chi connectivity index (χ0) is 26.4. The van der Waals surface area contributed by atoms with Crippen LogP contribution in [0.25, 0.3) is 32.8 Å². The zero-order valence-electron chi connectivity index (χ0n) is 23.0. The zero-order valence-corrected chi connectivity index (χ0v) is 23.0. The normalized spacial score (nSPS) is 12.5. The van der Waals surface area contributed by atoms with Crippen molar-refractivity contribution < 1.29 is 4.74 Å². The van der Waals surface area contributed by atoms with Crippen molar-refractivity contribution >= 4 is 21.5 Å². The van der Waals surface area contributed by atoms with Crippen LogP contribution in [-0.4, -0.2) is 26.4 Å². The molecule has 5 aromatic rings. The van der Waals surface area contributed by atoms with E-state index in [1.165, 1.54) is 43.8 Å². The first-order chi connectivity index (χ1) is 17.5. The van der Waals surface area contributed by atoms with Gasteiger partial charge >= 0.3 is 0 Å². The Kier molecular flexibility index (Phi) is 6.36. The van der Waals surface area contributed by atoms with E-state index in [1.54, 1.807) is 0 Å². The molecule has 0 aliphatic rings. The van der Waals surface area contributed by atoms with Crippen LogP contribution in [0.5, 0.6) is 0 Å². The highest BCUT2D eigenvalue weighted by atomic mass is 16.5. The summed E-state index contributed by atoms with van der Waals surface area (Å²) in [6, 6.07) is 13.2. The van der Waals surface area contributed by atoms with Gasteiger partial charge in [-0.25, -0.2) is 0 Å². The van der Waals surface area contributed by atoms with E-state index >= 15 is 0 Å². The molecule has 0 saturated heterocycles. The summed E-state index contributed by atoms with van der Waals surface area (Å²) in [5.74, 6) is 0. The Morgan fingerprint density at radius 3 is 2.41 bits per heavy atom. The maximum absolute atomic E-state index is 6.38. The molecule has 190 valence electrons. The number of benzene rings is 2. The van der Waals surface area contributed by atoms with Crippen molar-refractivity contribution in [3.8, 4) is 11.3 Å². The molecule has 0 amide bonds. The molecule has 5 heteroatoms. The number of hydrogen-bond donors (Lipinski definition) is 0. The van der Waals surface area contributed by atoms with Crippen LogP contribution in [0.3, 0.4) is 0 Å². The number of nitrogens with zero attached hydrogens (tertiary/aromatic N) is 4. The van der Waals surface area contributed by atoms with Gasteiger partial charge in [-0.1, -0.05) is 52.8 Å². The molecule has 3 heterocycles. The number of pyridine rings is 2. The molecule has 3 aromatic heterocycles. The lowest BCUT2D eigenvalue weighted by Crippen LogP contribution is -2.25. The number of aromatic nitrogens is 4. The predicted molar refractivity (Wildman–Crippen MR) is 152 cm³/mol. The van der Waals surface area contributed by atoms with E-state index in [0.717, 1.165) is 11.3 Å². The summed E-state index contributed by atoms with van der Waals surface area (Å²) in [5, 5.41) is 9.12. The number of rotatable bonds is 6. The second kappa shape index (κ2) is 9.38. The van der Waals surface area contributed by atoms with Crippen LogP contribution < -0.4 is 0 Å².